The van der Waals surface area contributed by atoms with Gasteiger partial charge < -0.3 is 10.1 Å². The van der Waals surface area contributed by atoms with Crippen molar-refractivity contribution in [1.82, 2.24) is 5.32 Å². The maximum absolute atomic E-state index is 11.9. The summed E-state index contributed by atoms with van der Waals surface area (Å²) in [4.78, 5) is 22.8. The molecule has 4 nitrogen and oxygen atoms in total. The lowest BCUT2D eigenvalue weighted by molar-refractivity contribution is -0.131. The fourth-order valence-corrected chi connectivity index (χ4v) is 1.30. The molecule has 0 fully saturated rings. The molecular formula is C10H19NO3. The molecule has 0 aliphatic rings. The standard InChI is InChI=1S/C10H19NO3/c1-9(2,3)7(12)10(4,5)11-8(13)14-6/h1-6H3,(H,11,13). The molecule has 0 aromatic heterocycles. The second-order valence-electron chi connectivity index (χ2n) is 4.82. The van der Waals surface area contributed by atoms with E-state index in [0.29, 0.717) is 0 Å². The zero-order valence-corrected chi connectivity index (χ0v) is 9.72. The van der Waals surface area contributed by atoms with E-state index in [4.69, 9.17) is 0 Å². The third-order valence-electron chi connectivity index (χ3n) is 1.85. The van der Waals surface area contributed by atoms with Crippen LogP contribution in [0.2, 0.25) is 0 Å². The summed E-state index contributed by atoms with van der Waals surface area (Å²) in [5.41, 5.74) is -1.38. The van der Waals surface area contributed by atoms with Crippen molar-refractivity contribution in [3.8, 4) is 0 Å². The van der Waals surface area contributed by atoms with Crippen molar-refractivity contribution < 1.29 is 14.3 Å². The number of carbonyl (C=O) groups excluding carboxylic acids is 2. The lowest BCUT2D eigenvalue weighted by atomic mass is 9.80. The quantitative estimate of drug-likeness (QED) is 0.740. The van der Waals surface area contributed by atoms with Crippen LogP contribution in [0.5, 0.6) is 0 Å². The van der Waals surface area contributed by atoms with Gasteiger partial charge in [-0.3, -0.25) is 4.79 Å². The fourth-order valence-electron chi connectivity index (χ4n) is 1.30. The Hall–Kier alpha value is -1.06. The number of hydrogen-bond donors (Lipinski definition) is 1. The molecule has 0 rings (SSSR count). The molecule has 0 spiro atoms. The summed E-state index contributed by atoms with van der Waals surface area (Å²) < 4.78 is 4.45. The average molecular weight is 201 g/mol. The van der Waals surface area contributed by atoms with Crippen molar-refractivity contribution in [2.24, 2.45) is 5.41 Å². The van der Waals surface area contributed by atoms with E-state index >= 15 is 0 Å². The van der Waals surface area contributed by atoms with Crippen LogP contribution in [-0.4, -0.2) is 24.5 Å². The topological polar surface area (TPSA) is 55.4 Å². The number of hydrogen-bond acceptors (Lipinski definition) is 3. The summed E-state index contributed by atoms with van der Waals surface area (Å²) >= 11 is 0. The van der Waals surface area contributed by atoms with E-state index < -0.39 is 17.0 Å². The molecule has 4 heteroatoms. The summed E-state index contributed by atoms with van der Waals surface area (Å²) in [6.07, 6.45) is -0.590. The number of ether oxygens (including phenoxy) is 1. The third-order valence-corrected chi connectivity index (χ3v) is 1.85. The number of rotatable bonds is 2. The lowest BCUT2D eigenvalue weighted by Crippen LogP contribution is -2.53. The summed E-state index contributed by atoms with van der Waals surface area (Å²) in [6.45, 7) is 8.77. The molecule has 0 bridgehead atoms. The van der Waals surface area contributed by atoms with E-state index in [9.17, 15) is 9.59 Å². The van der Waals surface area contributed by atoms with Gasteiger partial charge in [-0.2, -0.15) is 0 Å². The van der Waals surface area contributed by atoms with Gasteiger partial charge >= 0.3 is 6.09 Å². The van der Waals surface area contributed by atoms with Gasteiger partial charge in [0.1, 0.15) is 0 Å². The molecule has 0 aliphatic carbocycles. The van der Waals surface area contributed by atoms with Crippen LogP contribution in [0, 0.1) is 5.41 Å². The number of ketones is 1. The van der Waals surface area contributed by atoms with E-state index in [1.54, 1.807) is 13.8 Å². The molecule has 14 heavy (non-hydrogen) atoms. The molecule has 0 heterocycles. The van der Waals surface area contributed by atoms with Crippen LogP contribution < -0.4 is 5.32 Å². The van der Waals surface area contributed by atoms with Crippen molar-refractivity contribution in [2.75, 3.05) is 7.11 Å². The van der Waals surface area contributed by atoms with Gasteiger partial charge in [-0.25, -0.2) is 4.79 Å². The number of alkyl carbamates (subject to hydrolysis) is 1. The van der Waals surface area contributed by atoms with Crippen molar-refractivity contribution in [3.05, 3.63) is 0 Å². The minimum atomic E-state index is -0.897. The van der Waals surface area contributed by atoms with Crippen LogP contribution in [-0.2, 0) is 9.53 Å². The van der Waals surface area contributed by atoms with Crippen molar-refractivity contribution in [1.29, 1.82) is 0 Å². The van der Waals surface area contributed by atoms with Crippen LogP contribution in [0.3, 0.4) is 0 Å². The second kappa shape index (κ2) is 3.98. The molecule has 1 N–H and O–H groups in total. The Kier molecular flexibility index (Phi) is 3.68. The van der Waals surface area contributed by atoms with Gasteiger partial charge in [-0.15, -0.1) is 0 Å². The zero-order valence-electron chi connectivity index (χ0n) is 9.72. The second-order valence-corrected chi connectivity index (χ2v) is 4.82. The Morgan fingerprint density at radius 1 is 1.07 bits per heavy atom. The van der Waals surface area contributed by atoms with E-state index in [2.05, 4.69) is 10.1 Å². The SMILES string of the molecule is COC(=O)NC(C)(C)C(=O)C(C)(C)C. The van der Waals surface area contributed by atoms with Gasteiger partial charge in [-0.05, 0) is 13.8 Å². The maximum atomic E-state index is 11.9. The van der Waals surface area contributed by atoms with Gasteiger partial charge in [0, 0.05) is 5.41 Å². The molecule has 1 amide bonds. The monoisotopic (exact) mass is 201 g/mol. The molecule has 82 valence electrons. The van der Waals surface area contributed by atoms with Gasteiger partial charge in [0.15, 0.2) is 5.78 Å². The van der Waals surface area contributed by atoms with Crippen molar-refractivity contribution in [2.45, 2.75) is 40.2 Å². The van der Waals surface area contributed by atoms with Gasteiger partial charge in [0.2, 0.25) is 0 Å². The first-order valence-corrected chi connectivity index (χ1v) is 4.52. The van der Waals surface area contributed by atoms with E-state index in [0.717, 1.165) is 0 Å². The van der Waals surface area contributed by atoms with E-state index in [1.807, 2.05) is 20.8 Å². The largest absolute Gasteiger partial charge is 0.453 e. The van der Waals surface area contributed by atoms with E-state index in [1.165, 1.54) is 7.11 Å². The minimum absolute atomic E-state index is 0.0320. The first-order valence-electron chi connectivity index (χ1n) is 4.52. The summed E-state index contributed by atoms with van der Waals surface area (Å²) in [7, 11) is 1.27. The summed E-state index contributed by atoms with van der Waals surface area (Å²) in [5.74, 6) is -0.0320. The zero-order chi connectivity index (χ0) is 11.6. The average Bonchev–Trinajstić information content (AvgIpc) is 2.00. The smallest absolute Gasteiger partial charge is 0.407 e. The van der Waals surface area contributed by atoms with Crippen LogP contribution in [0.15, 0.2) is 0 Å². The Bertz CT molecular complexity index is 238. The Balaban J connectivity index is 4.63. The summed E-state index contributed by atoms with van der Waals surface area (Å²) in [5, 5.41) is 2.50. The molecule has 0 saturated carbocycles. The normalized spacial score (nSPS) is 12.1. The molecule has 0 aliphatic heterocycles. The predicted octanol–water partition coefficient (Wildman–Crippen LogP) is 1.74. The third kappa shape index (κ3) is 3.36. The molecular weight excluding hydrogens is 182 g/mol. The minimum Gasteiger partial charge on any atom is -0.453 e. The Morgan fingerprint density at radius 3 is 1.79 bits per heavy atom. The van der Waals surface area contributed by atoms with Crippen LogP contribution >= 0.6 is 0 Å². The molecule has 0 atom stereocenters. The fraction of sp³-hybridized carbons (Fsp3) is 0.800. The highest BCUT2D eigenvalue weighted by molar-refractivity contribution is 5.94. The number of Topliss-reactive ketones (excluding diaryl/α,β-unsaturated/α-hetero) is 1. The highest BCUT2D eigenvalue weighted by Crippen LogP contribution is 2.22. The molecule has 0 unspecified atom stereocenters. The van der Waals surface area contributed by atoms with Crippen LogP contribution in [0.1, 0.15) is 34.6 Å². The van der Waals surface area contributed by atoms with Crippen molar-refractivity contribution in [3.63, 3.8) is 0 Å². The van der Waals surface area contributed by atoms with Gasteiger partial charge in [0.25, 0.3) is 0 Å². The van der Waals surface area contributed by atoms with Crippen LogP contribution in [0.4, 0.5) is 4.79 Å². The number of methoxy groups -OCH3 is 1. The van der Waals surface area contributed by atoms with Gasteiger partial charge in [-0.1, -0.05) is 20.8 Å². The molecule has 0 radical (unpaired) electrons. The number of amides is 1. The molecule has 0 saturated heterocycles. The van der Waals surface area contributed by atoms with E-state index in [-0.39, 0.29) is 5.78 Å². The van der Waals surface area contributed by atoms with Crippen LogP contribution in [0.25, 0.3) is 0 Å². The highest BCUT2D eigenvalue weighted by atomic mass is 16.5. The Morgan fingerprint density at radius 2 is 1.50 bits per heavy atom. The molecule has 0 aromatic carbocycles. The molecule has 0 aromatic rings. The Labute approximate surface area is 85.0 Å². The number of carbonyl (C=O) groups is 2. The first kappa shape index (κ1) is 12.9. The first-order chi connectivity index (χ1) is 6.11. The highest BCUT2D eigenvalue weighted by Gasteiger charge is 2.37. The number of nitrogens with one attached hydrogen (secondary N) is 1. The summed E-state index contributed by atoms with van der Waals surface area (Å²) in [6, 6.07) is 0. The predicted molar refractivity (Wildman–Crippen MR) is 54.1 cm³/mol. The lowest BCUT2D eigenvalue weighted by Gasteiger charge is -2.30. The van der Waals surface area contributed by atoms with Crippen molar-refractivity contribution >= 4 is 11.9 Å². The maximum Gasteiger partial charge on any atom is 0.407 e. The van der Waals surface area contributed by atoms with Gasteiger partial charge in [0.05, 0.1) is 12.6 Å².